The van der Waals surface area contributed by atoms with Gasteiger partial charge in [0.25, 0.3) is 11.8 Å². The molecular formula is C34H30Br4N4O11S. The summed E-state index contributed by atoms with van der Waals surface area (Å²) in [4.78, 5) is 25.8. The molecule has 0 fully saturated rings. The van der Waals surface area contributed by atoms with Crippen LogP contribution in [-0.4, -0.2) is 75.0 Å². The number of amides is 2. The van der Waals surface area contributed by atoms with E-state index in [4.69, 9.17) is 4.55 Å². The van der Waals surface area contributed by atoms with Gasteiger partial charge in [-0.3, -0.25) is 14.1 Å². The first kappa shape index (κ1) is 42.5. The zero-order valence-electron chi connectivity index (χ0n) is 27.6. The minimum atomic E-state index is -4.72. The first-order valence-electron chi connectivity index (χ1n) is 15.4. The highest BCUT2D eigenvalue weighted by atomic mass is 79.9. The van der Waals surface area contributed by atoms with E-state index in [1.54, 1.807) is 18.2 Å². The molecule has 0 unspecified atom stereocenters. The molecule has 54 heavy (non-hydrogen) atoms. The van der Waals surface area contributed by atoms with Gasteiger partial charge < -0.3 is 40.6 Å². The molecule has 4 aromatic carbocycles. The minimum absolute atomic E-state index is 0.0825. The molecule has 286 valence electrons. The van der Waals surface area contributed by atoms with Crippen molar-refractivity contribution in [3.05, 3.63) is 101 Å². The van der Waals surface area contributed by atoms with Crippen molar-refractivity contribution in [1.82, 2.24) is 10.6 Å². The molecule has 4 aromatic rings. The average Bonchev–Trinajstić information content (AvgIpc) is 3.11. The van der Waals surface area contributed by atoms with Crippen molar-refractivity contribution >= 4 is 97.4 Å². The molecule has 0 bridgehead atoms. The summed E-state index contributed by atoms with van der Waals surface area (Å²) in [5, 5.41) is 62.7. The number of rotatable bonds is 15. The van der Waals surface area contributed by atoms with Gasteiger partial charge in [-0.1, -0.05) is 22.4 Å². The van der Waals surface area contributed by atoms with Crippen LogP contribution in [0.2, 0.25) is 0 Å². The Morgan fingerprint density at radius 3 is 1.46 bits per heavy atom. The lowest BCUT2D eigenvalue weighted by molar-refractivity contribution is -0.115. The number of phenols is 3. The smallest absolute Gasteiger partial charge is 0.446 e. The molecule has 15 nitrogen and oxygen atoms in total. The van der Waals surface area contributed by atoms with Gasteiger partial charge in [-0.15, -0.1) is 0 Å². The van der Waals surface area contributed by atoms with Crippen LogP contribution in [-0.2, 0) is 45.7 Å². The highest BCUT2D eigenvalue weighted by Gasteiger charge is 2.21. The van der Waals surface area contributed by atoms with Crippen LogP contribution < -0.4 is 14.8 Å². The number of carbonyl (C=O) groups is 2. The predicted octanol–water partition coefficient (Wildman–Crippen LogP) is 6.17. The second-order valence-corrected chi connectivity index (χ2v) is 15.9. The topological polar surface area (TPSA) is 248 Å². The molecule has 0 aliphatic heterocycles. The van der Waals surface area contributed by atoms with E-state index in [0.717, 1.165) is 5.56 Å². The van der Waals surface area contributed by atoms with E-state index in [0.29, 0.717) is 27.6 Å². The lowest BCUT2D eigenvalue weighted by Crippen LogP contribution is -2.33. The molecule has 0 saturated carbocycles. The van der Waals surface area contributed by atoms with Gasteiger partial charge >= 0.3 is 10.4 Å². The molecule has 0 heterocycles. The fraction of sp³-hybridized carbons (Fsp3) is 0.176. The van der Waals surface area contributed by atoms with Crippen LogP contribution in [0.25, 0.3) is 11.1 Å². The Labute approximate surface area is 342 Å². The summed E-state index contributed by atoms with van der Waals surface area (Å²) in [7, 11) is -4.72. The largest absolute Gasteiger partial charge is 0.507 e. The number of benzene rings is 4. The fourth-order valence-electron chi connectivity index (χ4n) is 5.07. The molecule has 0 saturated heterocycles. The van der Waals surface area contributed by atoms with Gasteiger partial charge in [0.15, 0.2) is 5.75 Å². The van der Waals surface area contributed by atoms with E-state index < -0.39 is 22.2 Å². The van der Waals surface area contributed by atoms with E-state index in [1.807, 2.05) is 0 Å². The number of nitrogens with one attached hydrogen (secondary N) is 2. The number of nitrogens with zero attached hydrogens (tertiary/aromatic N) is 2. The van der Waals surface area contributed by atoms with Crippen molar-refractivity contribution in [2.45, 2.75) is 25.7 Å². The molecule has 20 heteroatoms. The maximum Gasteiger partial charge on any atom is 0.446 e. The lowest BCUT2D eigenvalue weighted by Gasteiger charge is -2.15. The fourth-order valence-corrected chi connectivity index (χ4v) is 7.49. The van der Waals surface area contributed by atoms with Gasteiger partial charge in [0.2, 0.25) is 0 Å². The van der Waals surface area contributed by atoms with Gasteiger partial charge in [0.1, 0.15) is 28.7 Å². The molecule has 4 rings (SSSR count). The van der Waals surface area contributed by atoms with Crippen LogP contribution in [0.3, 0.4) is 0 Å². The predicted molar refractivity (Wildman–Crippen MR) is 212 cm³/mol. The number of hydrogen-bond acceptors (Lipinski definition) is 12. The van der Waals surface area contributed by atoms with Crippen LogP contribution in [0.4, 0.5) is 0 Å². The van der Waals surface area contributed by atoms with Crippen molar-refractivity contribution in [3.63, 3.8) is 0 Å². The Kier molecular flexibility index (Phi) is 14.9. The van der Waals surface area contributed by atoms with Crippen molar-refractivity contribution in [2.24, 2.45) is 10.3 Å². The third-order valence-electron chi connectivity index (χ3n) is 7.65. The summed E-state index contributed by atoms with van der Waals surface area (Å²) in [5.41, 5.74) is 2.08. The van der Waals surface area contributed by atoms with E-state index in [9.17, 15) is 43.7 Å². The number of halogens is 4. The third-order valence-corrected chi connectivity index (χ3v) is 10.5. The maximum absolute atomic E-state index is 12.9. The highest BCUT2D eigenvalue weighted by Crippen LogP contribution is 2.44. The number of phenolic OH excluding ortho intramolecular Hbond substituents is 3. The Balaban J connectivity index is 1.45. The Bertz CT molecular complexity index is 2250. The standard InChI is InChI=1S/C34H30Br4N4O11S/c35-23-11-17(1-3-29(23)43)5-7-39-33(46)27(41-48)15-19-9-21(31(44)25(37)13-19)22-10-20(14-26(38)32(22)45)16-28(42-49)34(47)40-8-6-18-2-4-30(24(36)12-18)53-54(50,51)52/h1-4,9-14,43-45,48-49H,5-8,15-16H2,(H,39,46)(H,40,47)(H,50,51,52)/b41-27+,42-28+. The normalized spacial score (nSPS) is 12.0. The van der Waals surface area contributed by atoms with Crippen molar-refractivity contribution in [1.29, 1.82) is 0 Å². The zero-order chi connectivity index (χ0) is 39.7. The van der Waals surface area contributed by atoms with Crippen LogP contribution in [0.5, 0.6) is 23.0 Å². The summed E-state index contributed by atoms with van der Waals surface area (Å²) in [6.07, 6.45) is 0.351. The molecular weight excluding hydrogens is 992 g/mol. The number of aromatic hydroxyl groups is 3. The maximum atomic E-state index is 12.9. The first-order chi connectivity index (χ1) is 25.5. The van der Waals surface area contributed by atoms with Crippen LogP contribution in [0, 0.1) is 0 Å². The lowest BCUT2D eigenvalue weighted by atomic mass is 9.95. The van der Waals surface area contributed by atoms with Gasteiger partial charge in [0, 0.05) is 37.1 Å². The van der Waals surface area contributed by atoms with Crippen LogP contribution in [0.15, 0.2) is 88.9 Å². The van der Waals surface area contributed by atoms with Gasteiger partial charge in [-0.05, 0) is 147 Å². The quantitative estimate of drug-likeness (QED) is 0.0290. The molecule has 8 N–H and O–H groups in total. The van der Waals surface area contributed by atoms with Crippen molar-refractivity contribution in [2.75, 3.05) is 13.1 Å². The SMILES string of the molecule is O=C(NCCc1ccc(O)c(Br)c1)/C(Cc1cc(Br)c(O)c(-c2cc(C/C(=N\O)C(=O)NCCc3ccc(OS(=O)(=O)O)c(Br)c3)cc(Br)c2O)c1)=N/O. The van der Waals surface area contributed by atoms with Gasteiger partial charge in [-0.25, -0.2) is 0 Å². The van der Waals surface area contributed by atoms with E-state index in [-0.39, 0.29) is 91.3 Å². The van der Waals surface area contributed by atoms with Crippen LogP contribution >= 0.6 is 63.7 Å². The summed E-state index contributed by atoms with van der Waals surface area (Å²) in [5.74, 6) is -1.92. The summed E-state index contributed by atoms with van der Waals surface area (Å²) in [6.45, 7) is 0.296. The Hall–Kier alpha value is -4.21. The minimum Gasteiger partial charge on any atom is -0.507 e. The highest BCUT2D eigenvalue weighted by molar-refractivity contribution is 9.11. The van der Waals surface area contributed by atoms with E-state index in [2.05, 4.69) is 88.8 Å². The van der Waals surface area contributed by atoms with Gasteiger partial charge in [-0.2, -0.15) is 8.42 Å². The summed E-state index contributed by atoms with van der Waals surface area (Å²) in [6, 6.07) is 15.3. The summed E-state index contributed by atoms with van der Waals surface area (Å²) < 4.78 is 36.5. The monoisotopic (exact) mass is 1020 g/mol. The first-order valence-corrected chi connectivity index (χ1v) is 20.0. The average molecular weight is 1020 g/mol. The number of hydrogen-bond donors (Lipinski definition) is 8. The Morgan fingerprint density at radius 1 is 0.630 bits per heavy atom. The van der Waals surface area contributed by atoms with E-state index in [1.165, 1.54) is 42.5 Å². The second-order valence-electron chi connectivity index (χ2n) is 11.5. The molecule has 0 aliphatic carbocycles. The van der Waals surface area contributed by atoms with Crippen LogP contribution in [0.1, 0.15) is 22.3 Å². The molecule has 0 aromatic heterocycles. The molecule has 0 atom stereocenters. The Morgan fingerprint density at radius 2 is 1.06 bits per heavy atom. The molecule has 0 radical (unpaired) electrons. The number of oxime groups is 2. The third kappa shape index (κ3) is 11.6. The molecule has 0 aliphatic rings. The number of carbonyl (C=O) groups excluding carboxylic acids is 2. The van der Waals surface area contributed by atoms with E-state index >= 15 is 0 Å². The second kappa shape index (κ2) is 18.9. The van der Waals surface area contributed by atoms with Gasteiger partial charge in [0.05, 0.1) is 17.9 Å². The van der Waals surface area contributed by atoms with Crippen molar-refractivity contribution < 1.29 is 52.5 Å². The van der Waals surface area contributed by atoms with Crippen molar-refractivity contribution in [3.8, 4) is 34.1 Å². The molecule has 2 amide bonds. The summed E-state index contributed by atoms with van der Waals surface area (Å²) >= 11 is 13.0. The zero-order valence-corrected chi connectivity index (χ0v) is 34.7. The molecule has 0 spiro atoms.